The van der Waals surface area contributed by atoms with E-state index in [9.17, 15) is 24.5 Å². The molecule has 0 aliphatic carbocycles. The molecular weight excluding hydrogens is 376 g/mol. The number of carbonyl (C=O) groups is 3. The number of amides is 3. The first-order valence-corrected chi connectivity index (χ1v) is 8.48. The molecule has 2 aromatic heterocycles. The van der Waals surface area contributed by atoms with E-state index in [1.54, 1.807) is 4.52 Å². The van der Waals surface area contributed by atoms with Gasteiger partial charge >= 0.3 is 0 Å². The van der Waals surface area contributed by atoms with Gasteiger partial charge in [0.15, 0.2) is 0 Å². The van der Waals surface area contributed by atoms with E-state index in [2.05, 4.69) is 15.4 Å². The molecule has 0 saturated carbocycles. The Morgan fingerprint density at radius 1 is 1.30 bits per heavy atom. The van der Waals surface area contributed by atoms with Gasteiger partial charge in [-0.3, -0.25) is 34.7 Å². The van der Waals surface area contributed by atoms with Crippen LogP contribution in [0.5, 0.6) is 0 Å². The van der Waals surface area contributed by atoms with E-state index in [0.29, 0.717) is 4.96 Å². The van der Waals surface area contributed by atoms with Crippen LogP contribution in [-0.4, -0.2) is 48.7 Å². The highest BCUT2D eigenvalue weighted by Gasteiger charge is 2.37. The number of benzene rings is 1. The number of aromatic nitrogens is 3. The van der Waals surface area contributed by atoms with Gasteiger partial charge in [-0.1, -0.05) is 0 Å². The first kappa shape index (κ1) is 16.8. The SMILES string of the molecule is Cc1csc2nc(NC(=O)CN3C(=O)c4ccc([N+](=O)[O-])cc4C3=O)nn12. The van der Waals surface area contributed by atoms with Crippen LogP contribution in [0, 0.1) is 17.0 Å². The lowest BCUT2D eigenvalue weighted by molar-refractivity contribution is -0.384. The lowest BCUT2D eigenvalue weighted by Gasteiger charge is -2.12. The number of non-ortho nitro benzene ring substituents is 1. The number of thiazole rings is 1. The topological polar surface area (TPSA) is 140 Å². The van der Waals surface area contributed by atoms with E-state index >= 15 is 0 Å². The second kappa shape index (κ2) is 5.95. The van der Waals surface area contributed by atoms with E-state index < -0.39 is 29.2 Å². The fourth-order valence-corrected chi connectivity index (χ4v) is 3.49. The summed E-state index contributed by atoms with van der Waals surface area (Å²) in [6, 6.07) is 3.37. The molecule has 3 heterocycles. The maximum absolute atomic E-state index is 12.4. The molecule has 136 valence electrons. The number of rotatable bonds is 4. The summed E-state index contributed by atoms with van der Waals surface area (Å²) < 4.78 is 1.56. The summed E-state index contributed by atoms with van der Waals surface area (Å²) in [5.74, 6) is -2.05. The molecule has 3 aromatic rings. The standard InChI is InChI=1S/C15H10N6O5S/c1-7-6-27-15-17-14(18-20(7)15)16-11(22)5-19-12(23)9-3-2-8(21(25)26)4-10(9)13(19)24/h2-4,6H,5H2,1H3,(H,16,18,22). The summed E-state index contributed by atoms with van der Waals surface area (Å²) in [6.07, 6.45) is 0. The maximum atomic E-state index is 12.4. The van der Waals surface area contributed by atoms with Crippen LogP contribution in [0.4, 0.5) is 11.6 Å². The van der Waals surface area contributed by atoms with Crippen LogP contribution in [-0.2, 0) is 4.79 Å². The number of hydrogen-bond donors (Lipinski definition) is 1. The van der Waals surface area contributed by atoms with Gasteiger partial charge in [-0.25, -0.2) is 4.52 Å². The number of hydrogen-bond acceptors (Lipinski definition) is 8. The number of nitro groups is 1. The third-order valence-electron chi connectivity index (χ3n) is 3.96. The highest BCUT2D eigenvalue weighted by atomic mass is 32.1. The molecule has 0 fully saturated rings. The number of carbonyl (C=O) groups excluding carboxylic acids is 3. The van der Waals surface area contributed by atoms with Crippen molar-refractivity contribution in [3.05, 3.63) is 50.5 Å². The van der Waals surface area contributed by atoms with Gasteiger partial charge in [0.05, 0.1) is 21.7 Å². The maximum Gasteiger partial charge on any atom is 0.270 e. The van der Waals surface area contributed by atoms with E-state index in [1.807, 2.05) is 12.3 Å². The summed E-state index contributed by atoms with van der Waals surface area (Å²) in [5, 5.41) is 19.3. The fourth-order valence-electron chi connectivity index (χ4n) is 2.69. The van der Waals surface area contributed by atoms with Crippen molar-refractivity contribution in [1.29, 1.82) is 0 Å². The third kappa shape index (κ3) is 2.71. The Kier molecular flexibility index (Phi) is 3.70. The first-order chi connectivity index (χ1) is 12.8. The van der Waals surface area contributed by atoms with Crippen LogP contribution in [0.1, 0.15) is 26.4 Å². The third-order valence-corrected chi connectivity index (χ3v) is 4.90. The molecule has 3 amide bonds. The minimum atomic E-state index is -0.761. The Bertz CT molecular complexity index is 1150. The second-order valence-corrected chi connectivity index (χ2v) is 6.58. The molecule has 0 unspecified atom stereocenters. The van der Waals surface area contributed by atoms with Gasteiger partial charge in [-0.2, -0.15) is 4.98 Å². The summed E-state index contributed by atoms with van der Waals surface area (Å²) >= 11 is 1.36. The minimum absolute atomic E-state index is 0.0228. The zero-order valence-corrected chi connectivity index (χ0v) is 14.5. The minimum Gasteiger partial charge on any atom is -0.292 e. The van der Waals surface area contributed by atoms with Gasteiger partial charge in [0.25, 0.3) is 17.5 Å². The van der Waals surface area contributed by atoms with Crippen molar-refractivity contribution in [2.24, 2.45) is 0 Å². The average Bonchev–Trinajstić information content (AvgIpc) is 3.25. The van der Waals surface area contributed by atoms with E-state index in [4.69, 9.17) is 0 Å². The molecular formula is C15H10N6O5S. The van der Waals surface area contributed by atoms with Gasteiger partial charge in [0, 0.05) is 17.5 Å². The highest BCUT2D eigenvalue weighted by molar-refractivity contribution is 7.15. The predicted molar refractivity (Wildman–Crippen MR) is 92.7 cm³/mol. The number of nitrogens with one attached hydrogen (secondary N) is 1. The molecule has 11 nitrogen and oxygen atoms in total. The van der Waals surface area contributed by atoms with Crippen molar-refractivity contribution in [2.45, 2.75) is 6.92 Å². The zero-order chi connectivity index (χ0) is 19.3. The Balaban J connectivity index is 1.51. The first-order valence-electron chi connectivity index (χ1n) is 7.60. The molecule has 1 aliphatic heterocycles. The Morgan fingerprint density at radius 3 is 2.74 bits per heavy atom. The molecule has 0 saturated heterocycles. The van der Waals surface area contributed by atoms with E-state index in [0.717, 1.165) is 22.7 Å². The fraction of sp³-hybridized carbons (Fsp3) is 0.133. The summed E-state index contributed by atoms with van der Waals surface area (Å²) in [5.41, 5.74) is 0.469. The zero-order valence-electron chi connectivity index (χ0n) is 13.7. The van der Waals surface area contributed by atoms with Crippen molar-refractivity contribution >= 4 is 45.7 Å². The van der Waals surface area contributed by atoms with Crippen LogP contribution in [0.25, 0.3) is 4.96 Å². The number of nitrogens with zero attached hydrogens (tertiary/aromatic N) is 5. The number of nitro benzene ring substituents is 1. The van der Waals surface area contributed by atoms with Crippen molar-refractivity contribution in [2.75, 3.05) is 11.9 Å². The van der Waals surface area contributed by atoms with Gasteiger partial charge in [-0.05, 0) is 13.0 Å². The lowest BCUT2D eigenvalue weighted by atomic mass is 10.1. The van der Waals surface area contributed by atoms with E-state index in [1.165, 1.54) is 17.4 Å². The van der Waals surface area contributed by atoms with Crippen molar-refractivity contribution in [3.63, 3.8) is 0 Å². The van der Waals surface area contributed by atoms with Gasteiger partial charge in [0.1, 0.15) is 6.54 Å². The normalized spacial score (nSPS) is 13.3. The number of aryl methyl sites for hydroxylation is 1. The molecule has 4 rings (SSSR count). The lowest BCUT2D eigenvalue weighted by Crippen LogP contribution is -2.37. The average molecular weight is 386 g/mol. The highest BCUT2D eigenvalue weighted by Crippen LogP contribution is 2.26. The van der Waals surface area contributed by atoms with Crippen molar-refractivity contribution in [1.82, 2.24) is 19.5 Å². The van der Waals surface area contributed by atoms with Crippen LogP contribution in [0.3, 0.4) is 0 Å². The number of anilines is 1. The molecule has 0 spiro atoms. The Hall–Kier alpha value is -3.67. The molecule has 0 radical (unpaired) electrons. The summed E-state index contributed by atoms with van der Waals surface area (Å²) in [7, 11) is 0. The number of fused-ring (bicyclic) bond motifs is 2. The second-order valence-electron chi connectivity index (χ2n) is 5.74. The van der Waals surface area contributed by atoms with Crippen LogP contribution < -0.4 is 5.32 Å². The smallest absolute Gasteiger partial charge is 0.270 e. The Morgan fingerprint density at radius 2 is 2.04 bits per heavy atom. The monoisotopic (exact) mass is 386 g/mol. The largest absolute Gasteiger partial charge is 0.292 e. The van der Waals surface area contributed by atoms with E-state index in [-0.39, 0.29) is 22.8 Å². The molecule has 1 aliphatic rings. The van der Waals surface area contributed by atoms with Crippen LogP contribution in [0.15, 0.2) is 23.6 Å². The molecule has 1 aromatic carbocycles. The quantitative estimate of drug-likeness (QED) is 0.404. The van der Waals surface area contributed by atoms with Crippen molar-refractivity contribution in [3.8, 4) is 0 Å². The predicted octanol–water partition coefficient (Wildman–Crippen LogP) is 1.24. The summed E-state index contributed by atoms with van der Waals surface area (Å²) in [4.78, 5) is 52.6. The van der Waals surface area contributed by atoms with Gasteiger partial charge < -0.3 is 0 Å². The van der Waals surface area contributed by atoms with Gasteiger partial charge in [-0.15, -0.1) is 16.4 Å². The van der Waals surface area contributed by atoms with Gasteiger partial charge in [0.2, 0.25) is 16.8 Å². The van der Waals surface area contributed by atoms with Crippen molar-refractivity contribution < 1.29 is 19.3 Å². The molecule has 12 heteroatoms. The molecule has 1 N–H and O–H groups in total. The Labute approximate surface area is 154 Å². The van der Waals surface area contributed by atoms with Crippen LogP contribution in [0.2, 0.25) is 0 Å². The summed E-state index contributed by atoms with van der Waals surface area (Å²) in [6.45, 7) is 1.29. The number of imide groups is 1. The molecule has 0 bridgehead atoms. The van der Waals surface area contributed by atoms with Crippen LogP contribution >= 0.6 is 11.3 Å². The molecule has 27 heavy (non-hydrogen) atoms. The molecule has 0 atom stereocenters.